The average Bonchev–Trinajstić information content (AvgIpc) is 2.41. The van der Waals surface area contributed by atoms with Crippen molar-refractivity contribution < 1.29 is 22.7 Å². The molecule has 0 heterocycles. The standard InChI is InChI=1S/C13H16ClF3N2O2/c1-18-12(20)10-4-3-9(7-11(10)14)19-5-2-6-21-8-13(15,16)17/h3-4,7,19H,2,5-6,8H2,1H3,(H,18,20). The molecule has 1 aromatic rings. The second kappa shape index (κ2) is 8.09. The molecule has 0 saturated heterocycles. The van der Waals surface area contributed by atoms with Crippen LogP contribution in [0.4, 0.5) is 18.9 Å². The van der Waals surface area contributed by atoms with Crippen molar-refractivity contribution in [1.82, 2.24) is 5.32 Å². The zero-order valence-electron chi connectivity index (χ0n) is 11.4. The minimum atomic E-state index is -4.30. The summed E-state index contributed by atoms with van der Waals surface area (Å²) in [7, 11) is 1.51. The van der Waals surface area contributed by atoms with Gasteiger partial charge in [0.1, 0.15) is 6.61 Å². The zero-order valence-corrected chi connectivity index (χ0v) is 12.1. The van der Waals surface area contributed by atoms with Gasteiger partial charge in [0.05, 0.1) is 10.6 Å². The molecule has 0 atom stereocenters. The van der Waals surface area contributed by atoms with Crippen LogP contribution in [0.25, 0.3) is 0 Å². The van der Waals surface area contributed by atoms with Gasteiger partial charge in [-0.3, -0.25) is 4.79 Å². The number of hydrogen-bond acceptors (Lipinski definition) is 3. The maximum Gasteiger partial charge on any atom is 0.411 e. The maximum absolute atomic E-state index is 11.8. The number of alkyl halides is 3. The molecule has 21 heavy (non-hydrogen) atoms. The average molecular weight is 325 g/mol. The summed E-state index contributed by atoms with van der Waals surface area (Å²) in [6.07, 6.45) is -3.87. The lowest BCUT2D eigenvalue weighted by Gasteiger charge is -2.10. The number of carbonyl (C=O) groups excluding carboxylic acids is 1. The van der Waals surface area contributed by atoms with E-state index < -0.39 is 12.8 Å². The molecule has 118 valence electrons. The molecule has 0 unspecified atom stereocenters. The Morgan fingerprint density at radius 3 is 2.67 bits per heavy atom. The Labute approximate surface area is 125 Å². The van der Waals surface area contributed by atoms with E-state index in [0.717, 1.165) is 0 Å². The van der Waals surface area contributed by atoms with Gasteiger partial charge in [-0.05, 0) is 24.6 Å². The van der Waals surface area contributed by atoms with Crippen molar-refractivity contribution >= 4 is 23.2 Å². The van der Waals surface area contributed by atoms with Gasteiger partial charge < -0.3 is 15.4 Å². The molecule has 0 aromatic heterocycles. The zero-order chi connectivity index (χ0) is 15.9. The molecule has 0 aliphatic carbocycles. The van der Waals surface area contributed by atoms with Crippen LogP contribution in [0.15, 0.2) is 18.2 Å². The number of rotatable bonds is 7. The van der Waals surface area contributed by atoms with E-state index in [1.54, 1.807) is 18.2 Å². The molecule has 0 radical (unpaired) electrons. The van der Waals surface area contributed by atoms with Crippen LogP contribution in [-0.4, -0.2) is 38.9 Å². The second-order valence-electron chi connectivity index (χ2n) is 4.22. The van der Waals surface area contributed by atoms with E-state index in [0.29, 0.717) is 29.2 Å². The summed E-state index contributed by atoms with van der Waals surface area (Å²) < 4.78 is 39.9. The number of benzene rings is 1. The van der Waals surface area contributed by atoms with Gasteiger partial charge in [0.2, 0.25) is 0 Å². The molecule has 0 saturated carbocycles. The van der Waals surface area contributed by atoms with Gasteiger partial charge >= 0.3 is 6.18 Å². The summed E-state index contributed by atoms with van der Waals surface area (Å²) in [6.45, 7) is -0.788. The van der Waals surface area contributed by atoms with E-state index in [2.05, 4.69) is 15.4 Å². The molecule has 1 amide bonds. The molecule has 2 N–H and O–H groups in total. The Kier molecular flexibility index (Phi) is 6.77. The van der Waals surface area contributed by atoms with Crippen LogP contribution in [-0.2, 0) is 4.74 Å². The van der Waals surface area contributed by atoms with Crippen LogP contribution in [0.2, 0.25) is 5.02 Å². The summed E-state index contributed by atoms with van der Waals surface area (Å²) in [4.78, 5) is 11.4. The monoisotopic (exact) mass is 324 g/mol. The number of anilines is 1. The van der Waals surface area contributed by atoms with Crippen molar-refractivity contribution in [3.63, 3.8) is 0 Å². The third-order valence-corrected chi connectivity index (χ3v) is 2.81. The molecule has 4 nitrogen and oxygen atoms in total. The van der Waals surface area contributed by atoms with Gasteiger partial charge in [-0.15, -0.1) is 0 Å². The van der Waals surface area contributed by atoms with Gasteiger partial charge in [0.15, 0.2) is 0 Å². The number of hydrogen-bond donors (Lipinski definition) is 2. The SMILES string of the molecule is CNC(=O)c1ccc(NCCCOCC(F)(F)F)cc1Cl. The Bertz CT molecular complexity index is 481. The van der Waals surface area contributed by atoms with Crippen LogP contribution in [0, 0.1) is 0 Å². The lowest BCUT2D eigenvalue weighted by atomic mass is 10.2. The van der Waals surface area contributed by atoms with Gasteiger partial charge in [0.25, 0.3) is 5.91 Å². The Morgan fingerprint density at radius 1 is 1.38 bits per heavy atom. The highest BCUT2D eigenvalue weighted by Gasteiger charge is 2.27. The highest BCUT2D eigenvalue weighted by atomic mass is 35.5. The van der Waals surface area contributed by atoms with Crippen LogP contribution in [0.5, 0.6) is 0 Å². The molecule has 0 bridgehead atoms. The second-order valence-corrected chi connectivity index (χ2v) is 4.63. The quantitative estimate of drug-likeness (QED) is 0.758. The first kappa shape index (κ1) is 17.6. The molecule has 0 aliphatic rings. The van der Waals surface area contributed by atoms with E-state index in [-0.39, 0.29) is 12.5 Å². The van der Waals surface area contributed by atoms with Crippen molar-refractivity contribution in [3.05, 3.63) is 28.8 Å². The van der Waals surface area contributed by atoms with Crippen molar-refractivity contribution in [2.24, 2.45) is 0 Å². The summed E-state index contributed by atoms with van der Waals surface area (Å²) in [6, 6.07) is 4.83. The van der Waals surface area contributed by atoms with Gasteiger partial charge in [-0.2, -0.15) is 13.2 Å². The molecular weight excluding hydrogens is 309 g/mol. The first-order valence-electron chi connectivity index (χ1n) is 6.23. The fraction of sp³-hybridized carbons (Fsp3) is 0.462. The number of ether oxygens (including phenoxy) is 1. The lowest BCUT2D eigenvalue weighted by molar-refractivity contribution is -0.173. The number of carbonyl (C=O) groups is 1. The fourth-order valence-corrected chi connectivity index (χ4v) is 1.81. The lowest BCUT2D eigenvalue weighted by Crippen LogP contribution is -2.18. The molecule has 1 rings (SSSR count). The van der Waals surface area contributed by atoms with Crippen LogP contribution >= 0.6 is 11.6 Å². The number of amides is 1. The summed E-state index contributed by atoms with van der Waals surface area (Å²) in [5.74, 6) is -0.285. The molecular formula is C13H16ClF3N2O2. The van der Waals surface area contributed by atoms with Gasteiger partial charge in [-0.1, -0.05) is 11.6 Å². The summed E-state index contributed by atoms with van der Waals surface area (Å²) in [5.41, 5.74) is 1.04. The number of nitrogens with one attached hydrogen (secondary N) is 2. The third kappa shape index (κ3) is 6.68. The van der Waals surface area contributed by atoms with Crippen LogP contribution < -0.4 is 10.6 Å². The van der Waals surface area contributed by atoms with E-state index in [9.17, 15) is 18.0 Å². The molecule has 0 spiro atoms. The highest BCUT2D eigenvalue weighted by molar-refractivity contribution is 6.34. The fourth-order valence-electron chi connectivity index (χ4n) is 1.54. The van der Waals surface area contributed by atoms with Gasteiger partial charge in [-0.25, -0.2) is 0 Å². The third-order valence-electron chi connectivity index (χ3n) is 2.50. The predicted molar refractivity (Wildman–Crippen MR) is 74.8 cm³/mol. The molecule has 1 aromatic carbocycles. The van der Waals surface area contributed by atoms with Crippen LogP contribution in [0.1, 0.15) is 16.8 Å². The normalized spacial score (nSPS) is 11.3. The summed E-state index contributed by atoms with van der Waals surface area (Å²) in [5, 5.41) is 5.76. The van der Waals surface area contributed by atoms with Crippen molar-refractivity contribution in [2.75, 3.05) is 32.1 Å². The van der Waals surface area contributed by atoms with Crippen molar-refractivity contribution in [2.45, 2.75) is 12.6 Å². The molecule has 0 aliphatic heterocycles. The Balaban J connectivity index is 2.33. The van der Waals surface area contributed by atoms with E-state index >= 15 is 0 Å². The van der Waals surface area contributed by atoms with E-state index in [4.69, 9.17) is 11.6 Å². The highest BCUT2D eigenvalue weighted by Crippen LogP contribution is 2.21. The maximum atomic E-state index is 11.8. The van der Waals surface area contributed by atoms with Crippen molar-refractivity contribution in [3.8, 4) is 0 Å². The Morgan fingerprint density at radius 2 is 2.10 bits per heavy atom. The first-order chi connectivity index (χ1) is 9.83. The van der Waals surface area contributed by atoms with Gasteiger partial charge in [0, 0.05) is 25.9 Å². The molecule has 8 heteroatoms. The Hall–Kier alpha value is -1.47. The number of halogens is 4. The largest absolute Gasteiger partial charge is 0.411 e. The molecule has 0 fully saturated rings. The van der Waals surface area contributed by atoms with E-state index in [1.165, 1.54) is 7.05 Å². The smallest absolute Gasteiger partial charge is 0.385 e. The minimum Gasteiger partial charge on any atom is -0.385 e. The predicted octanol–water partition coefficient (Wildman–Crippen LogP) is 3.08. The van der Waals surface area contributed by atoms with Crippen molar-refractivity contribution in [1.29, 1.82) is 0 Å². The minimum absolute atomic E-state index is 0.0105. The van der Waals surface area contributed by atoms with E-state index in [1.807, 2.05) is 0 Å². The first-order valence-corrected chi connectivity index (χ1v) is 6.61. The van der Waals surface area contributed by atoms with Crippen LogP contribution in [0.3, 0.4) is 0 Å². The topological polar surface area (TPSA) is 50.4 Å². The summed E-state index contributed by atoms with van der Waals surface area (Å²) >= 11 is 5.97.